The molecule has 78 valence electrons. The van der Waals surface area contributed by atoms with Crippen LogP contribution in [0.2, 0.25) is 0 Å². The van der Waals surface area contributed by atoms with Crippen molar-refractivity contribution in [3.8, 4) is 5.75 Å². The van der Waals surface area contributed by atoms with Gasteiger partial charge in [-0.2, -0.15) is 0 Å². The Morgan fingerprint density at radius 3 is 2.21 bits per heavy atom. The molecule has 0 aliphatic carbocycles. The van der Waals surface area contributed by atoms with E-state index in [9.17, 15) is 0 Å². The van der Waals surface area contributed by atoms with Crippen LogP contribution in [-0.4, -0.2) is 28.3 Å². The number of hydrogen-bond donors (Lipinski definition) is 3. The van der Waals surface area contributed by atoms with E-state index in [0.29, 0.717) is 30.3 Å². The van der Waals surface area contributed by atoms with Crippen molar-refractivity contribution in [1.82, 2.24) is 4.98 Å². The standard InChI is InChI=1S/C9H14N2O3/c10-1-2-14-9-3-7(5-12)11-8(4-9)6-13/h3-4,12-13H,1-2,5-6,10H2. The van der Waals surface area contributed by atoms with E-state index in [1.807, 2.05) is 0 Å². The average Bonchev–Trinajstić information content (AvgIpc) is 2.25. The molecular weight excluding hydrogens is 184 g/mol. The van der Waals surface area contributed by atoms with Gasteiger partial charge in [0.25, 0.3) is 0 Å². The van der Waals surface area contributed by atoms with E-state index in [1.165, 1.54) is 0 Å². The van der Waals surface area contributed by atoms with Crippen LogP contribution in [0.5, 0.6) is 5.75 Å². The SMILES string of the molecule is NCCOc1cc(CO)nc(CO)c1. The fraction of sp³-hybridized carbons (Fsp3) is 0.444. The number of aromatic nitrogens is 1. The molecule has 0 amide bonds. The first-order chi connectivity index (χ1) is 6.80. The number of rotatable bonds is 5. The molecule has 0 fully saturated rings. The highest BCUT2D eigenvalue weighted by Gasteiger charge is 2.02. The van der Waals surface area contributed by atoms with Crippen molar-refractivity contribution in [3.63, 3.8) is 0 Å². The summed E-state index contributed by atoms with van der Waals surface area (Å²) in [5, 5.41) is 17.8. The number of nitrogens with two attached hydrogens (primary N) is 1. The van der Waals surface area contributed by atoms with E-state index in [4.69, 9.17) is 20.7 Å². The summed E-state index contributed by atoms with van der Waals surface area (Å²) >= 11 is 0. The molecule has 0 aliphatic heterocycles. The van der Waals surface area contributed by atoms with Gasteiger partial charge >= 0.3 is 0 Å². The second-order valence-electron chi connectivity index (χ2n) is 2.74. The molecule has 1 aromatic rings. The lowest BCUT2D eigenvalue weighted by Gasteiger charge is -2.07. The Kier molecular flexibility index (Phi) is 4.31. The maximum absolute atomic E-state index is 8.88. The number of ether oxygens (including phenoxy) is 1. The van der Waals surface area contributed by atoms with Crippen LogP contribution in [0.15, 0.2) is 12.1 Å². The molecule has 5 nitrogen and oxygen atoms in total. The summed E-state index contributed by atoms with van der Waals surface area (Å²) in [4.78, 5) is 3.97. The van der Waals surface area contributed by atoms with Gasteiger partial charge in [-0.05, 0) is 0 Å². The molecule has 0 saturated carbocycles. The third-order valence-electron chi connectivity index (χ3n) is 1.62. The third-order valence-corrected chi connectivity index (χ3v) is 1.62. The van der Waals surface area contributed by atoms with Gasteiger partial charge in [-0.3, -0.25) is 4.98 Å². The maximum Gasteiger partial charge on any atom is 0.123 e. The van der Waals surface area contributed by atoms with Gasteiger partial charge in [-0.15, -0.1) is 0 Å². The zero-order valence-electron chi connectivity index (χ0n) is 7.81. The lowest BCUT2D eigenvalue weighted by molar-refractivity contribution is 0.262. The van der Waals surface area contributed by atoms with Crippen molar-refractivity contribution in [1.29, 1.82) is 0 Å². The summed E-state index contributed by atoms with van der Waals surface area (Å²) in [7, 11) is 0. The van der Waals surface area contributed by atoms with Crippen LogP contribution >= 0.6 is 0 Å². The van der Waals surface area contributed by atoms with Gasteiger partial charge in [-0.1, -0.05) is 0 Å². The molecule has 0 atom stereocenters. The lowest BCUT2D eigenvalue weighted by Crippen LogP contribution is -2.11. The van der Waals surface area contributed by atoms with Crippen LogP contribution in [0, 0.1) is 0 Å². The van der Waals surface area contributed by atoms with E-state index in [0.717, 1.165) is 0 Å². The lowest BCUT2D eigenvalue weighted by atomic mass is 10.3. The van der Waals surface area contributed by atoms with Crippen LogP contribution in [0.4, 0.5) is 0 Å². The highest BCUT2D eigenvalue weighted by Crippen LogP contribution is 2.14. The smallest absolute Gasteiger partial charge is 0.123 e. The van der Waals surface area contributed by atoms with E-state index in [2.05, 4.69) is 4.98 Å². The Bertz CT molecular complexity index is 269. The summed E-state index contributed by atoms with van der Waals surface area (Å²) in [6.07, 6.45) is 0. The molecule has 4 N–H and O–H groups in total. The molecule has 0 saturated heterocycles. The van der Waals surface area contributed by atoms with Crippen molar-refractivity contribution in [2.75, 3.05) is 13.2 Å². The number of hydrogen-bond acceptors (Lipinski definition) is 5. The van der Waals surface area contributed by atoms with Crippen molar-refractivity contribution in [3.05, 3.63) is 23.5 Å². The van der Waals surface area contributed by atoms with Crippen molar-refractivity contribution in [2.24, 2.45) is 5.73 Å². The Morgan fingerprint density at radius 1 is 1.21 bits per heavy atom. The molecule has 0 aromatic carbocycles. The van der Waals surface area contributed by atoms with E-state index in [-0.39, 0.29) is 13.2 Å². The Balaban J connectivity index is 2.81. The molecule has 1 heterocycles. The second-order valence-corrected chi connectivity index (χ2v) is 2.74. The topological polar surface area (TPSA) is 88.6 Å². The molecule has 0 unspecified atom stereocenters. The van der Waals surface area contributed by atoms with Gasteiger partial charge in [0.2, 0.25) is 0 Å². The summed E-state index contributed by atoms with van der Waals surface area (Å²) in [5.41, 5.74) is 6.23. The van der Waals surface area contributed by atoms with Gasteiger partial charge < -0.3 is 20.7 Å². The van der Waals surface area contributed by atoms with Crippen LogP contribution in [0.1, 0.15) is 11.4 Å². The van der Waals surface area contributed by atoms with Gasteiger partial charge in [0, 0.05) is 18.7 Å². The Hall–Kier alpha value is -1.17. The molecule has 0 radical (unpaired) electrons. The van der Waals surface area contributed by atoms with Gasteiger partial charge in [0.1, 0.15) is 12.4 Å². The largest absolute Gasteiger partial charge is 0.492 e. The fourth-order valence-electron chi connectivity index (χ4n) is 1.04. The molecule has 1 aromatic heterocycles. The van der Waals surface area contributed by atoms with Gasteiger partial charge in [0.05, 0.1) is 24.6 Å². The third kappa shape index (κ3) is 2.95. The molecule has 0 aliphatic rings. The Morgan fingerprint density at radius 2 is 1.79 bits per heavy atom. The van der Waals surface area contributed by atoms with E-state index < -0.39 is 0 Å². The quantitative estimate of drug-likeness (QED) is 0.588. The fourth-order valence-corrected chi connectivity index (χ4v) is 1.04. The summed E-state index contributed by atoms with van der Waals surface area (Å²) in [5.74, 6) is 0.568. The maximum atomic E-state index is 8.88. The predicted octanol–water partition coefficient (Wildman–Crippen LogP) is -0.596. The molecular formula is C9H14N2O3. The van der Waals surface area contributed by atoms with Gasteiger partial charge in [-0.25, -0.2) is 0 Å². The zero-order chi connectivity index (χ0) is 10.4. The van der Waals surface area contributed by atoms with Crippen molar-refractivity contribution >= 4 is 0 Å². The summed E-state index contributed by atoms with van der Waals surface area (Å²) in [6.45, 7) is 0.477. The van der Waals surface area contributed by atoms with Crippen molar-refractivity contribution in [2.45, 2.75) is 13.2 Å². The summed E-state index contributed by atoms with van der Waals surface area (Å²) in [6, 6.07) is 3.24. The van der Waals surface area contributed by atoms with Crippen LogP contribution in [-0.2, 0) is 13.2 Å². The molecule has 0 spiro atoms. The minimum atomic E-state index is -0.174. The molecule has 0 bridgehead atoms. The number of aliphatic hydroxyl groups excluding tert-OH is 2. The highest BCUT2D eigenvalue weighted by atomic mass is 16.5. The van der Waals surface area contributed by atoms with Crippen LogP contribution in [0.25, 0.3) is 0 Å². The normalized spacial score (nSPS) is 10.2. The first-order valence-corrected chi connectivity index (χ1v) is 4.34. The second kappa shape index (κ2) is 5.54. The van der Waals surface area contributed by atoms with Gasteiger partial charge in [0.15, 0.2) is 0 Å². The van der Waals surface area contributed by atoms with Crippen molar-refractivity contribution < 1.29 is 14.9 Å². The monoisotopic (exact) mass is 198 g/mol. The predicted molar refractivity (Wildman–Crippen MR) is 50.6 cm³/mol. The first kappa shape index (κ1) is 10.9. The Labute approximate surface area is 82.2 Å². The van der Waals surface area contributed by atoms with E-state index in [1.54, 1.807) is 12.1 Å². The molecule has 1 rings (SSSR count). The van der Waals surface area contributed by atoms with E-state index >= 15 is 0 Å². The van der Waals surface area contributed by atoms with Crippen LogP contribution < -0.4 is 10.5 Å². The minimum absolute atomic E-state index is 0.174. The number of nitrogens with zero attached hydrogens (tertiary/aromatic N) is 1. The highest BCUT2D eigenvalue weighted by molar-refractivity contribution is 5.26. The minimum Gasteiger partial charge on any atom is -0.492 e. The zero-order valence-corrected chi connectivity index (χ0v) is 7.81. The first-order valence-electron chi connectivity index (χ1n) is 4.34. The van der Waals surface area contributed by atoms with Crippen LogP contribution in [0.3, 0.4) is 0 Å². The number of pyridine rings is 1. The summed E-state index contributed by atoms with van der Waals surface area (Å²) < 4.78 is 5.25. The molecule has 5 heteroatoms. The average molecular weight is 198 g/mol. The molecule has 14 heavy (non-hydrogen) atoms. The number of aliphatic hydroxyl groups is 2.